The Labute approximate surface area is 186 Å². The van der Waals surface area contributed by atoms with Crippen LogP contribution in [0.3, 0.4) is 0 Å². The van der Waals surface area contributed by atoms with Crippen molar-refractivity contribution in [2.45, 2.75) is 67.6 Å². The number of ether oxygens (including phenoxy) is 1. The van der Waals surface area contributed by atoms with Gasteiger partial charge in [0.05, 0.1) is 0 Å². The topological polar surface area (TPSA) is 26.3 Å². The van der Waals surface area contributed by atoms with Crippen molar-refractivity contribution in [3.63, 3.8) is 0 Å². The normalized spacial score (nSPS) is 16.2. The second-order valence-electron chi connectivity index (χ2n) is 6.95. The minimum atomic E-state index is -8.54. The number of hydrogen-bond donors (Lipinski definition) is 0. The van der Waals surface area contributed by atoms with Gasteiger partial charge in [-0.25, -0.2) is 9.18 Å². The zero-order valence-corrected chi connectivity index (χ0v) is 16.6. The third-order valence-electron chi connectivity index (χ3n) is 4.16. The maximum absolute atomic E-state index is 13.6. The van der Waals surface area contributed by atoms with Gasteiger partial charge in [-0.15, -0.1) is 0 Å². The van der Waals surface area contributed by atoms with Gasteiger partial charge >= 0.3 is 54.0 Å². The monoisotopic (exact) mass is 582 g/mol. The summed E-state index contributed by atoms with van der Waals surface area (Å²) >= 11 is 0. The molecule has 0 heterocycles. The van der Waals surface area contributed by atoms with Crippen LogP contribution in [0.15, 0.2) is 12.2 Å². The Morgan fingerprint density at radius 2 is 1.00 bits per heavy atom. The zero-order valence-electron chi connectivity index (χ0n) is 16.6. The molecule has 0 aliphatic rings. The van der Waals surface area contributed by atoms with Gasteiger partial charge in [0, 0.05) is 12.0 Å². The van der Waals surface area contributed by atoms with Crippen LogP contribution >= 0.6 is 0 Å². The highest BCUT2D eigenvalue weighted by atomic mass is 19.4. The predicted octanol–water partition coefficient (Wildman–Crippen LogP) is 7.34. The first kappa shape index (κ1) is 33.9. The quantitative estimate of drug-likeness (QED) is 0.153. The van der Waals surface area contributed by atoms with Gasteiger partial charge in [-0.2, -0.15) is 79.0 Å². The molecule has 0 saturated carbocycles. The van der Waals surface area contributed by atoms with Gasteiger partial charge in [0.1, 0.15) is 0 Å². The van der Waals surface area contributed by atoms with Crippen LogP contribution in [0.1, 0.15) is 13.3 Å². The average molecular weight is 582 g/mol. The molecule has 0 aromatic heterocycles. The number of carbonyl (C=O) groups is 1. The molecule has 2 nitrogen and oxygen atoms in total. The summed E-state index contributed by atoms with van der Waals surface area (Å²) in [7, 11) is 0. The molecule has 0 rings (SSSR count). The Morgan fingerprint density at radius 1 is 0.667 bits per heavy atom. The number of esters is 1. The Balaban J connectivity index is 6.57. The third kappa shape index (κ3) is 5.57. The Hall–Kier alpha value is -2.12. The molecular formula is C15H9F19O2. The molecule has 21 heteroatoms. The fourth-order valence-corrected chi connectivity index (χ4v) is 2.06. The minimum Gasteiger partial charge on any atom is -0.393 e. The van der Waals surface area contributed by atoms with Gasteiger partial charge in [-0.1, -0.05) is 6.58 Å². The first-order valence-corrected chi connectivity index (χ1v) is 8.27. The molecule has 0 spiro atoms. The Kier molecular flexibility index (Phi) is 8.77. The van der Waals surface area contributed by atoms with E-state index in [2.05, 4.69) is 11.3 Å². The lowest BCUT2D eigenvalue weighted by atomic mass is 9.88. The van der Waals surface area contributed by atoms with E-state index in [4.69, 9.17) is 0 Å². The van der Waals surface area contributed by atoms with Crippen molar-refractivity contribution in [1.82, 2.24) is 0 Å². The van der Waals surface area contributed by atoms with Crippen molar-refractivity contribution in [3.8, 4) is 0 Å². The molecule has 36 heavy (non-hydrogen) atoms. The van der Waals surface area contributed by atoms with E-state index in [1.54, 1.807) is 0 Å². The highest BCUT2D eigenvalue weighted by molar-refractivity contribution is 5.87. The molecule has 0 aromatic carbocycles. The lowest BCUT2D eigenvalue weighted by Crippen LogP contribution is -2.72. The van der Waals surface area contributed by atoms with Crippen LogP contribution < -0.4 is 0 Å². The molecule has 0 amide bonds. The van der Waals surface area contributed by atoms with E-state index in [0.29, 0.717) is 6.92 Å². The van der Waals surface area contributed by atoms with Crippen LogP contribution in [0.4, 0.5) is 83.4 Å². The van der Waals surface area contributed by atoms with Gasteiger partial charge in [-0.3, -0.25) is 0 Å². The SMILES string of the molecule is C=C(C)C(=O)OC(F)(F)C(F)(F)C(F)(F)C(F)(F)C(F)(F)C(F)(F)C(F)CC(C(F)(F)F)C(F)(F)F. The van der Waals surface area contributed by atoms with Crippen molar-refractivity contribution in [3.05, 3.63) is 12.2 Å². The van der Waals surface area contributed by atoms with Gasteiger partial charge in [0.25, 0.3) is 0 Å². The molecular weight excluding hydrogens is 573 g/mol. The summed E-state index contributed by atoms with van der Waals surface area (Å²) in [6.45, 7) is 2.86. The smallest absolute Gasteiger partial charge is 0.393 e. The van der Waals surface area contributed by atoms with Crippen molar-refractivity contribution in [2.75, 3.05) is 0 Å². The fraction of sp³-hybridized carbons (Fsp3) is 0.800. The summed E-state index contributed by atoms with van der Waals surface area (Å²) in [4.78, 5) is 10.8. The molecule has 1 unspecified atom stereocenters. The summed E-state index contributed by atoms with van der Waals surface area (Å²) in [5.74, 6) is -49.1. The number of carbonyl (C=O) groups excluding carboxylic acids is 1. The molecule has 214 valence electrons. The number of alkyl halides is 19. The van der Waals surface area contributed by atoms with Gasteiger partial charge in [0.2, 0.25) is 0 Å². The van der Waals surface area contributed by atoms with Gasteiger partial charge in [0.15, 0.2) is 12.1 Å². The summed E-state index contributed by atoms with van der Waals surface area (Å²) in [6, 6.07) is 0. The Bertz CT molecular complexity index is 808. The maximum atomic E-state index is 13.6. The predicted molar refractivity (Wildman–Crippen MR) is 75.7 cm³/mol. The lowest BCUT2D eigenvalue weighted by Gasteiger charge is -2.41. The van der Waals surface area contributed by atoms with Crippen LogP contribution in [0.5, 0.6) is 0 Å². The van der Waals surface area contributed by atoms with E-state index in [-0.39, 0.29) is 0 Å². The van der Waals surface area contributed by atoms with Crippen molar-refractivity contribution in [1.29, 1.82) is 0 Å². The zero-order chi connectivity index (χ0) is 29.7. The van der Waals surface area contributed by atoms with E-state index in [9.17, 15) is 88.2 Å². The highest BCUT2D eigenvalue weighted by Crippen LogP contribution is 2.61. The minimum absolute atomic E-state index is 0.383. The van der Waals surface area contributed by atoms with Crippen molar-refractivity contribution in [2.24, 2.45) is 5.92 Å². The van der Waals surface area contributed by atoms with Crippen LogP contribution in [0.2, 0.25) is 0 Å². The second-order valence-corrected chi connectivity index (χ2v) is 6.95. The van der Waals surface area contributed by atoms with Crippen molar-refractivity contribution >= 4 is 5.97 Å². The summed E-state index contributed by atoms with van der Waals surface area (Å²) < 4.78 is 252. The van der Waals surface area contributed by atoms with Crippen LogP contribution in [-0.4, -0.2) is 60.2 Å². The van der Waals surface area contributed by atoms with E-state index >= 15 is 0 Å². The summed E-state index contributed by atoms with van der Waals surface area (Å²) in [6.07, 6.45) is -30.3. The van der Waals surface area contributed by atoms with E-state index < -0.39 is 78.1 Å². The largest absolute Gasteiger partial charge is 0.473 e. The lowest BCUT2D eigenvalue weighted by molar-refractivity contribution is -0.453. The van der Waals surface area contributed by atoms with E-state index in [1.807, 2.05) is 0 Å². The van der Waals surface area contributed by atoms with E-state index in [0.717, 1.165) is 0 Å². The van der Waals surface area contributed by atoms with E-state index in [1.165, 1.54) is 0 Å². The molecule has 0 fully saturated rings. The van der Waals surface area contributed by atoms with Crippen LogP contribution in [0, 0.1) is 5.92 Å². The fourth-order valence-electron chi connectivity index (χ4n) is 2.06. The maximum Gasteiger partial charge on any atom is 0.473 e. The second kappa shape index (κ2) is 9.32. The summed E-state index contributed by atoms with van der Waals surface area (Å²) in [5.41, 5.74) is -1.30. The average Bonchev–Trinajstić information content (AvgIpc) is 2.62. The number of rotatable bonds is 10. The highest BCUT2D eigenvalue weighted by Gasteiger charge is 2.92. The molecule has 0 aliphatic carbocycles. The van der Waals surface area contributed by atoms with Gasteiger partial charge in [-0.05, 0) is 6.92 Å². The standard InChI is InChI=1S/C15H9F19O2/c1-4(2)7(35)36-15(33,34)14(31,32)13(29,30)12(27,28)11(25,26)8(17,18)6(16)3-5(9(19,20)21)10(22,23)24/h5-6H,1,3H2,2H3. The molecule has 0 aliphatic heterocycles. The molecule has 1 atom stereocenters. The van der Waals surface area contributed by atoms with Crippen molar-refractivity contribution < 1.29 is 92.9 Å². The van der Waals surface area contributed by atoms with Crippen LogP contribution in [-0.2, 0) is 9.53 Å². The molecule has 0 radical (unpaired) electrons. The first-order chi connectivity index (χ1) is 15.3. The first-order valence-electron chi connectivity index (χ1n) is 8.27. The number of halogens is 19. The summed E-state index contributed by atoms with van der Waals surface area (Å²) in [5, 5.41) is 0. The molecule has 0 aromatic rings. The molecule has 0 saturated heterocycles. The number of hydrogen-bond acceptors (Lipinski definition) is 2. The van der Waals surface area contributed by atoms with Gasteiger partial charge < -0.3 is 4.74 Å². The Morgan fingerprint density at radius 3 is 1.31 bits per heavy atom. The third-order valence-corrected chi connectivity index (χ3v) is 4.16. The molecule has 0 N–H and O–H groups in total. The molecule has 0 bridgehead atoms. The van der Waals surface area contributed by atoms with Crippen LogP contribution in [0.25, 0.3) is 0 Å².